The van der Waals surface area contributed by atoms with E-state index in [-0.39, 0.29) is 12.1 Å². The van der Waals surface area contributed by atoms with Crippen LogP contribution < -0.4 is 14.5 Å². The molecule has 0 radical (unpaired) electrons. The van der Waals surface area contributed by atoms with E-state index in [0.717, 1.165) is 44.2 Å². The smallest absolute Gasteiger partial charge is 0.306 e. The monoisotopic (exact) mass is 523 g/mol. The summed E-state index contributed by atoms with van der Waals surface area (Å²) in [6, 6.07) is 10.8. The van der Waals surface area contributed by atoms with Crippen LogP contribution in [0.3, 0.4) is 0 Å². The van der Waals surface area contributed by atoms with Crippen molar-refractivity contribution in [3.8, 4) is 5.75 Å². The van der Waals surface area contributed by atoms with Crippen LogP contribution in [0.15, 0.2) is 41.4 Å². The Morgan fingerprint density at radius 3 is 2.66 bits per heavy atom. The van der Waals surface area contributed by atoms with Gasteiger partial charge in [-0.05, 0) is 93.8 Å². The number of nitrogens with zero attached hydrogens (tertiary/aromatic N) is 3. The van der Waals surface area contributed by atoms with Crippen molar-refractivity contribution in [3.63, 3.8) is 0 Å². The van der Waals surface area contributed by atoms with Crippen LogP contribution >= 0.6 is 0 Å². The minimum Gasteiger partial charge on any atom is -0.490 e. The number of amidine groups is 1. The zero-order chi connectivity index (χ0) is 27.0. The molecule has 0 spiro atoms. The summed E-state index contributed by atoms with van der Waals surface area (Å²) in [7, 11) is 3.73. The zero-order valence-electron chi connectivity index (χ0n) is 22.4. The molecule has 4 atom stereocenters. The van der Waals surface area contributed by atoms with E-state index in [9.17, 15) is 19.4 Å². The highest BCUT2D eigenvalue weighted by molar-refractivity contribution is 6.02. The van der Waals surface area contributed by atoms with E-state index in [1.165, 1.54) is 23.4 Å². The van der Waals surface area contributed by atoms with Gasteiger partial charge < -0.3 is 24.7 Å². The van der Waals surface area contributed by atoms with Crippen LogP contribution in [-0.4, -0.2) is 54.3 Å². The van der Waals surface area contributed by atoms with Crippen LogP contribution in [-0.2, 0) is 11.2 Å². The molecule has 3 aliphatic rings. The molecule has 2 aliphatic carbocycles. The number of ether oxygens (including phenoxy) is 1. The molecular weight excluding hydrogens is 485 g/mol. The Hall–Kier alpha value is -3.13. The van der Waals surface area contributed by atoms with Crippen molar-refractivity contribution in [2.75, 3.05) is 23.9 Å². The molecule has 38 heavy (non-hydrogen) atoms. The number of hydrogen-bond donors (Lipinski definition) is 2. The first kappa shape index (κ1) is 26.5. The second-order valence-electron chi connectivity index (χ2n) is 11.0. The number of anilines is 2. The number of aliphatic hydroxyl groups is 1. The first-order chi connectivity index (χ1) is 18.3. The van der Waals surface area contributed by atoms with Crippen molar-refractivity contribution in [2.24, 2.45) is 10.9 Å². The molecule has 2 aromatic carbocycles. The van der Waals surface area contributed by atoms with Gasteiger partial charge in [-0.25, -0.2) is 4.39 Å². The van der Waals surface area contributed by atoms with Gasteiger partial charge in [0, 0.05) is 43.1 Å². The van der Waals surface area contributed by atoms with Gasteiger partial charge in [0.05, 0.1) is 12.0 Å². The Kier molecular flexibility index (Phi) is 7.61. The predicted octanol–water partition coefficient (Wildman–Crippen LogP) is 5.35. The Labute approximate surface area is 223 Å². The molecule has 2 aromatic rings. The molecule has 0 aromatic heterocycles. The lowest BCUT2D eigenvalue weighted by Gasteiger charge is -2.41. The second kappa shape index (κ2) is 10.9. The van der Waals surface area contributed by atoms with Gasteiger partial charge >= 0.3 is 5.97 Å². The molecule has 2 N–H and O–H groups in total. The van der Waals surface area contributed by atoms with Crippen LogP contribution in [0, 0.1) is 11.7 Å². The highest BCUT2D eigenvalue weighted by Crippen LogP contribution is 2.39. The van der Waals surface area contributed by atoms with Crippen molar-refractivity contribution in [3.05, 3.63) is 53.3 Å². The number of fused-ring (bicyclic) bond motifs is 1. The molecule has 1 aliphatic heterocycles. The number of aliphatic carboxylic acids is 1. The van der Waals surface area contributed by atoms with Gasteiger partial charge in [0.25, 0.3) is 0 Å². The number of benzene rings is 2. The first-order valence-electron chi connectivity index (χ1n) is 13.8. The SMILES string of the molecule is CN=C(C(O)c1cc(F)ccc1OC1CC1)N(c1ccc2c(c1)CCC(C)N2C)C1CCCC(C(=O)O)C1. The number of aliphatic imine (C=N–C) groups is 1. The fourth-order valence-corrected chi connectivity index (χ4v) is 5.92. The molecule has 0 saturated heterocycles. The van der Waals surface area contributed by atoms with Crippen molar-refractivity contribution >= 4 is 23.2 Å². The quantitative estimate of drug-likeness (QED) is 0.376. The summed E-state index contributed by atoms with van der Waals surface area (Å²) in [4.78, 5) is 20.8. The molecule has 0 bridgehead atoms. The number of carbonyl (C=O) groups is 1. The van der Waals surface area contributed by atoms with Crippen molar-refractivity contribution in [1.29, 1.82) is 0 Å². The Morgan fingerprint density at radius 1 is 1.16 bits per heavy atom. The lowest BCUT2D eigenvalue weighted by atomic mass is 9.84. The average Bonchev–Trinajstić information content (AvgIpc) is 3.74. The second-order valence-corrected chi connectivity index (χ2v) is 11.0. The number of hydrogen-bond acceptors (Lipinski definition) is 5. The third-order valence-corrected chi connectivity index (χ3v) is 8.38. The zero-order valence-corrected chi connectivity index (χ0v) is 22.4. The summed E-state index contributed by atoms with van der Waals surface area (Å²) in [6.07, 6.45) is 5.33. The minimum absolute atomic E-state index is 0.0826. The highest BCUT2D eigenvalue weighted by Gasteiger charge is 2.37. The lowest BCUT2D eigenvalue weighted by Crippen LogP contribution is -2.46. The van der Waals surface area contributed by atoms with Gasteiger partial charge in [-0.15, -0.1) is 0 Å². The molecule has 2 saturated carbocycles. The highest BCUT2D eigenvalue weighted by atomic mass is 19.1. The molecule has 4 unspecified atom stereocenters. The maximum Gasteiger partial charge on any atom is 0.306 e. The summed E-state index contributed by atoms with van der Waals surface area (Å²) in [5.41, 5.74) is 3.59. The maximum absolute atomic E-state index is 14.4. The summed E-state index contributed by atoms with van der Waals surface area (Å²) in [5, 5.41) is 21.5. The van der Waals surface area contributed by atoms with Gasteiger partial charge in [-0.1, -0.05) is 6.42 Å². The van der Waals surface area contributed by atoms with E-state index in [1.54, 1.807) is 13.1 Å². The maximum atomic E-state index is 14.4. The molecule has 7 nitrogen and oxygen atoms in total. The summed E-state index contributed by atoms with van der Waals surface area (Å²) in [5.74, 6) is -0.894. The molecule has 2 fully saturated rings. The van der Waals surface area contributed by atoms with E-state index in [0.29, 0.717) is 36.0 Å². The van der Waals surface area contributed by atoms with Crippen LogP contribution in [0.1, 0.15) is 69.1 Å². The van der Waals surface area contributed by atoms with Crippen LogP contribution in [0.4, 0.5) is 15.8 Å². The van der Waals surface area contributed by atoms with Gasteiger partial charge in [0.1, 0.15) is 23.5 Å². The van der Waals surface area contributed by atoms with Gasteiger partial charge in [0.2, 0.25) is 0 Å². The van der Waals surface area contributed by atoms with E-state index in [2.05, 4.69) is 36.0 Å². The van der Waals surface area contributed by atoms with Crippen LogP contribution in [0.2, 0.25) is 0 Å². The normalized spacial score (nSPS) is 24.5. The van der Waals surface area contributed by atoms with Gasteiger partial charge in [-0.2, -0.15) is 0 Å². The molecule has 1 heterocycles. The van der Waals surface area contributed by atoms with Crippen LogP contribution in [0.25, 0.3) is 0 Å². The summed E-state index contributed by atoms with van der Waals surface area (Å²) >= 11 is 0. The number of rotatable bonds is 7. The molecule has 204 valence electrons. The molecule has 0 amide bonds. The lowest BCUT2D eigenvalue weighted by molar-refractivity contribution is -0.142. The van der Waals surface area contributed by atoms with E-state index >= 15 is 0 Å². The third-order valence-electron chi connectivity index (χ3n) is 8.38. The third kappa shape index (κ3) is 5.37. The van der Waals surface area contributed by atoms with Crippen molar-refractivity contribution < 1.29 is 24.1 Å². The van der Waals surface area contributed by atoms with Crippen molar-refractivity contribution in [1.82, 2.24) is 0 Å². The number of aryl methyl sites for hydroxylation is 1. The molecular formula is C30H38FN3O4. The number of carboxylic acids is 1. The Morgan fingerprint density at radius 2 is 1.95 bits per heavy atom. The number of halogens is 1. The summed E-state index contributed by atoms with van der Waals surface area (Å²) in [6.45, 7) is 2.22. The minimum atomic E-state index is -1.24. The van der Waals surface area contributed by atoms with E-state index < -0.39 is 23.8 Å². The Balaban J connectivity index is 1.56. The predicted molar refractivity (Wildman–Crippen MR) is 147 cm³/mol. The topological polar surface area (TPSA) is 85.6 Å². The van der Waals surface area contributed by atoms with E-state index in [1.807, 2.05) is 11.0 Å². The Bertz CT molecular complexity index is 1210. The fraction of sp³-hybridized carbons (Fsp3) is 0.533. The molecule has 5 rings (SSSR count). The number of aliphatic hydroxyl groups excluding tert-OH is 1. The number of carboxylic acid groups (broad SMARTS) is 1. The average molecular weight is 524 g/mol. The largest absolute Gasteiger partial charge is 0.490 e. The van der Waals surface area contributed by atoms with Gasteiger partial charge in [0.15, 0.2) is 0 Å². The fourth-order valence-electron chi connectivity index (χ4n) is 5.92. The van der Waals surface area contributed by atoms with Crippen LogP contribution in [0.5, 0.6) is 5.75 Å². The standard InChI is InChI=1S/C30H38FN3O4/c1-18-7-8-19-15-23(10-13-26(19)33(18)3)34(22-6-4-5-20(16-22)30(36)37)29(32-2)28(35)25-17-21(31)9-14-27(25)38-24-11-12-24/h9-10,13-15,17-18,20,22,24,28,35H,4-8,11-12,16H2,1-3H3,(H,36,37). The molecule has 8 heteroatoms. The van der Waals surface area contributed by atoms with Gasteiger partial charge in [-0.3, -0.25) is 9.79 Å². The van der Waals surface area contributed by atoms with Crippen molar-refractivity contribution in [2.45, 2.75) is 82.6 Å². The summed E-state index contributed by atoms with van der Waals surface area (Å²) < 4.78 is 20.4. The van der Waals surface area contributed by atoms with E-state index in [4.69, 9.17) is 4.74 Å². The first-order valence-corrected chi connectivity index (χ1v) is 13.8.